The lowest BCUT2D eigenvalue weighted by atomic mass is 9.90. The minimum Gasteiger partial charge on any atom is -0.337 e. The Hall–Kier alpha value is -1.82. The Kier molecular flexibility index (Phi) is 5.47. The molecule has 0 N–H and O–H groups in total. The number of benzene rings is 1. The Labute approximate surface area is 146 Å². The van der Waals surface area contributed by atoms with Crippen LogP contribution in [0.5, 0.6) is 0 Å². The van der Waals surface area contributed by atoms with Crippen LogP contribution in [0, 0.1) is 5.92 Å². The van der Waals surface area contributed by atoms with Gasteiger partial charge in [0.2, 0.25) is 0 Å². The van der Waals surface area contributed by atoms with Crippen molar-refractivity contribution in [3.63, 3.8) is 0 Å². The van der Waals surface area contributed by atoms with Crippen LogP contribution >= 0.6 is 0 Å². The van der Waals surface area contributed by atoms with Crippen molar-refractivity contribution in [3.8, 4) is 0 Å². The molecule has 0 saturated carbocycles. The number of hydrogen-bond donors (Lipinski definition) is 0. The van der Waals surface area contributed by atoms with E-state index in [4.69, 9.17) is 0 Å². The quantitative estimate of drug-likeness (QED) is 0.801. The SMILES string of the molecule is Cn1ccnc1CN1CCCC(CCc2ccccc2C(F)(F)F)C1. The summed E-state index contributed by atoms with van der Waals surface area (Å²) in [6.45, 7) is 2.77. The normalized spacial score (nSPS) is 19.3. The third-order valence-electron chi connectivity index (χ3n) is 5.03. The third kappa shape index (κ3) is 4.63. The second kappa shape index (κ2) is 7.60. The minimum absolute atomic E-state index is 0.413. The van der Waals surface area contributed by atoms with Crippen molar-refractivity contribution in [2.45, 2.75) is 38.4 Å². The number of aromatic nitrogens is 2. The van der Waals surface area contributed by atoms with E-state index in [1.54, 1.807) is 18.3 Å². The molecule has 0 aliphatic carbocycles. The molecule has 0 bridgehead atoms. The van der Waals surface area contributed by atoms with Gasteiger partial charge < -0.3 is 4.57 Å². The van der Waals surface area contributed by atoms with E-state index in [-0.39, 0.29) is 0 Å². The summed E-state index contributed by atoms with van der Waals surface area (Å²) in [7, 11) is 1.98. The van der Waals surface area contributed by atoms with Crippen LogP contribution in [-0.4, -0.2) is 27.5 Å². The van der Waals surface area contributed by atoms with Crippen molar-refractivity contribution in [1.29, 1.82) is 0 Å². The molecule has 2 aromatic rings. The van der Waals surface area contributed by atoms with Gasteiger partial charge in [0.25, 0.3) is 0 Å². The smallest absolute Gasteiger partial charge is 0.337 e. The highest BCUT2D eigenvalue weighted by molar-refractivity contribution is 5.29. The van der Waals surface area contributed by atoms with Crippen LogP contribution in [0.15, 0.2) is 36.7 Å². The van der Waals surface area contributed by atoms with Crippen LogP contribution in [0.25, 0.3) is 0 Å². The average molecular weight is 351 g/mol. The maximum atomic E-state index is 13.1. The van der Waals surface area contributed by atoms with E-state index < -0.39 is 11.7 Å². The van der Waals surface area contributed by atoms with Crippen molar-refractivity contribution in [1.82, 2.24) is 14.5 Å². The number of nitrogens with zero attached hydrogens (tertiary/aromatic N) is 3. The molecule has 6 heteroatoms. The van der Waals surface area contributed by atoms with Gasteiger partial charge in [-0.05, 0) is 49.8 Å². The first-order valence-corrected chi connectivity index (χ1v) is 8.77. The van der Waals surface area contributed by atoms with Crippen molar-refractivity contribution in [3.05, 3.63) is 53.6 Å². The molecule has 1 fully saturated rings. The molecule has 25 heavy (non-hydrogen) atoms. The van der Waals surface area contributed by atoms with E-state index >= 15 is 0 Å². The second-order valence-electron chi connectivity index (χ2n) is 6.89. The Morgan fingerprint density at radius 1 is 1.24 bits per heavy atom. The summed E-state index contributed by atoms with van der Waals surface area (Å²) in [5.74, 6) is 1.47. The first kappa shape index (κ1) is 18.0. The van der Waals surface area contributed by atoms with Gasteiger partial charge in [0.1, 0.15) is 5.82 Å². The Bertz CT molecular complexity index is 693. The predicted molar refractivity (Wildman–Crippen MR) is 91.0 cm³/mol. The fourth-order valence-electron chi connectivity index (χ4n) is 3.65. The third-order valence-corrected chi connectivity index (χ3v) is 5.03. The summed E-state index contributed by atoms with van der Waals surface area (Å²) in [5.41, 5.74) is -0.0769. The number of alkyl halides is 3. The summed E-state index contributed by atoms with van der Waals surface area (Å²) in [4.78, 5) is 6.73. The Morgan fingerprint density at radius 2 is 2.04 bits per heavy atom. The van der Waals surface area contributed by atoms with Gasteiger partial charge >= 0.3 is 6.18 Å². The van der Waals surface area contributed by atoms with Crippen molar-refractivity contribution in [2.75, 3.05) is 13.1 Å². The van der Waals surface area contributed by atoms with Gasteiger partial charge in [0, 0.05) is 26.0 Å². The monoisotopic (exact) mass is 351 g/mol. The molecule has 136 valence electrons. The van der Waals surface area contributed by atoms with Gasteiger partial charge in [-0.3, -0.25) is 4.90 Å². The zero-order valence-electron chi connectivity index (χ0n) is 14.5. The molecule has 1 atom stereocenters. The second-order valence-corrected chi connectivity index (χ2v) is 6.89. The molecule has 1 aromatic heterocycles. The molecule has 1 aromatic carbocycles. The molecule has 2 heterocycles. The number of halogens is 3. The number of piperidine rings is 1. The lowest BCUT2D eigenvalue weighted by Crippen LogP contribution is -2.35. The summed E-state index contributed by atoms with van der Waals surface area (Å²) >= 11 is 0. The van der Waals surface area contributed by atoms with Gasteiger partial charge in [-0.25, -0.2) is 4.98 Å². The fraction of sp³-hybridized carbons (Fsp3) is 0.526. The number of likely N-dealkylation sites (tertiary alicyclic amines) is 1. The molecule has 0 spiro atoms. The molecule has 0 radical (unpaired) electrons. The summed E-state index contributed by atoms with van der Waals surface area (Å²) in [6.07, 6.45) is 2.92. The number of rotatable bonds is 5. The average Bonchev–Trinajstić information content (AvgIpc) is 2.98. The van der Waals surface area contributed by atoms with Gasteiger partial charge in [-0.15, -0.1) is 0 Å². The van der Waals surface area contributed by atoms with Gasteiger partial charge in [0.15, 0.2) is 0 Å². The Balaban J connectivity index is 1.58. The highest BCUT2D eigenvalue weighted by atomic mass is 19.4. The summed E-state index contributed by atoms with van der Waals surface area (Å²) in [6, 6.07) is 5.95. The first-order valence-electron chi connectivity index (χ1n) is 8.77. The number of imidazole rings is 1. The zero-order valence-corrected chi connectivity index (χ0v) is 14.5. The topological polar surface area (TPSA) is 21.1 Å². The van der Waals surface area contributed by atoms with Gasteiger partial charge in [-0.1, -0.05) is 18.2 Å². The predicted octanol–water partition coefficient (Wildman–Crippen LogP) is 4.28. The molecule has 1 saturated heterocycles. The lowest BCUT2D eigenvalue weighted by Gasteiger charge is -2.32. The van der Waals surface area contributed by atoms with E-state index in [0.717, 1.165) is 44.7 Å². The standard InChI is InChI=1S/C19H24F3N3/c1-24-12-10-23-18(24)14-25-11-4-5-15(13-25)8-9-16-6-2-3-7-17(16)19(20,21)22/h2-3,6-7,10,12,15H,4-5,8-9,11,13-14H2,1H3. The van der Waals surface area contributed by atoms with Crippen molar-refractivity contribution < 1.29 is 13.2 Å². The van der Waals surface area contributed by atoms with Gasteiger partial charge in [-0.2, -0.15) is 13.2 Å². The maximum absolute atomic E-state index is 13.1. The van der Waals surface area contributed by atoms with Crippen LogP contribution in [0.3, 0.4) is 0 Å². The number of aryl methyl sites for hydroxylation is 2. The first-order chi connectivity index (χ1) is 11.9. The largest absolute Gasteiger partial charge is 0.416 e. The van der Waals surface area contributed by atoms with Crippen molar-refractivity contribution in [2.24, 2.45) is 13.0 Å². The molecule has 0 amide bonds. The van der Waals surface area contributed by atoms with E-state index in [1.807, 2.05) is 17.8 Å². The Morgan fingerprint density at radius 3 is 2.76 bits per heavy atom. The zero-order chi connectivity index (χ0) is 17.9. The van der Waals surface area contributed by atoms with Crippen LogP contribution in [0.4, 0.5) is 13.2 Å². The maximum Gasteiger partial charge on any atom is 0.416 e. The lowest BCUT2D eigenvalue weighted by molar-refractivity contribution is -0.138. The van der Waals surface area contributed by atoms with Crippen LogP contribution in [-0.2, 0) is 26.2 Å². The van der Waals surface area contributed by atoms with E-state index in [0.29, 0.717) is 17.9 Å². The summed E-state index contributed by atoms with van der Waals surface area (Å²) in [5, 5.41) is 0. The minimum atomic E-state index is -4.27. The number of hydrogen-bond acceptors (Lipinski definition) is 2. The molecular weight excluding hydrogens is 327 g/mol. The fourth-order valence-corrected chi connectivity index (χ4v) is 3.65. The van der Waals surface area contributed by atoms with E-state index in [9.17, 15) is 13.2 Å². The molecule has 1 aliphatic heterocycles. The van der Waals surface area contributed by atoms with E-state index in [1.165, 1.54) is 12.1 Å². The van der Waals surface area contributed by atoms with Crippen LogP contribution in [0.2, 0.25) is 0 Å². The van der Waals surface area contributed by atoms with E-state index in [2.05, 4.69) is 9.88 Å². The molecule has 1 aliphatic rings. The van der Waals surface area contributed by atoms with Gasteiger partial charge in [0.05, 0.1) is 12.1 Å². The highest BCUT2D eigenvalue weighted by Gasteiger charge is 2.33. The highest BCUT2D eigenvalue weighted by Crippen LogP contribution is 2.33. The molecule has 3 rings (SSSR count). The van der Waals surface area contributed by atoms with Crippen LogP contribution in [0.1, 0.15) is 36.2 Å². The molecule has 1 unspecified atom stereocenters. The summed E-state index contributed by atoms with van der Waals surface area (Å²) < 4.78 is 41.3. The van der Waals surface area contributed by atoms with Crippen LogP contribution < -0.4 is 0 Å². The van der Waals surface area contributed by atoms with Crippen molar-refractivity contribution >= 4 is 0 Å². The molecular formula is C19H24F3N3. The molecule has 3 nitrogen and oxygen atoms in total.